The number of esters is 1. The monoisotopic (exact) mass is 357 g/mol. The van der Waals surface area contributed by atoms with Crippen molar-refractivity contribution in [1.29, 1.82) is 0 Å². The zero-order chi connectivity index (χ0) is 14.8. The number of anilines is 1. The fraction of sp³-hybridized carbons (Fsp3) is 0.533. The van der Waals surface area contributed by atoms with Gasteiger partial charge in [0.25, 0.3) is 0 Å². The second kappa shape index (κ2) is 5.98. The van der Waals surface area contributed by atoms with Gasteiger partial charge in [-0.2, -0.15) is 11.8 Å². The average molecular weight is 358 g/mol. The van der Waals surface area contributed by atoms with E-state index in [4.69, 9.17) is 4.74 Å². The van der Waals surface area contributed by atoms with Crippen LogP contribution in [-0.2, 0) is 9.53 Å². The zero-order valence-electron chi connectivity index (χ0n) is 12.0. The summed E-state index contributed by atoms with van der Waals surface area (Å²) in [6.45, 7) is 4.26. The predicted octanol–water partition coefficient (Wildman–Crippen LogP) is 3.94. The van der Waals surface area contributed by atoms with Crippen LogP contribution in [0.1, 0.15) is 20.3 Å². The summed E-state index contributed by atoms with van der Waals surface area (Å²) in [5.41, 5.74) is 0.0586. The fourth-order valence-electron chi connectivity index (χ4n) is 2.52. The lowest BCUT2D eigenvalue weighted by Gasteiger charge is -2.48. The minimum absolute atomic E-state index is 0.166. The normalized spacial score (nSPS) is 25.0. The van der Waals surface area contributed by atoms with Gasteiger partial charge in [-0.3, -0.25) is 0 Å². The third-order valence-corrected chi connectivity index (χ3v) is 5.92. The smallest absolute Gasteiger partial charge is 0.332 e. The molecule has 0 aliphatic carbocycles. The van der Waals surface area contributed by atoms with Crippen LogP contribution < -0.4 is 5.32 Å². The van der Waals surface area contributed by atoms with Crippen LogP contribution in [0.25, 0.3) is 0 Å². The molecule has 1 atom stereocenters. The SMILES string of the molecule is COC(=O)C1(Nc2ccccc2Br)CSCCC1(C)C. The van der Waals surface area contributed by atoms with Gasteiger partial charge in [0.05, 0.1) is 7.11 Å². The number of rotatable bonds is 3. The highest BCUT2D eigenvalue weighted by molar-refractivity contribution is 9.10. The highest BCUT2D eigenvalue weighted by atomic mass is 79.9. The molecule has 1 aromatic rings. The van der Waals surface area contributed by atoms with E-state index in [2.05, 4.69) is 35.1 Å². The molecule has 0 amide bonds. The van der Waals surface area contributed by atoms with Gasteiger partial charge in [0.15, 0.2) is 0 Å². The Hall–Kier alpha value is -0.680. The Morgan fingerprint density at radius 1 is 1.40 bits per heavy atom. The lowest BCUT2D eigenvalue weighted by molar-refractivity contribution is -0.149. The van der Waals surface area contributed by atoms with E-state index >= 15 is 0 Å². The van der Waals surface area contributed by atoms with Gasteiger partial charge >= 0.3 is 5.97 Å². The molecule has 1 heterocycles. The summed E-state index contributed by atoms with van der Waals surface area (Å²) in [7, 11) is 1.46. The number of para-hydroxylation sites is 1. The molecule has 1 aliphatic heterocycles. The Balaban J connectivity index is 2.43. The molecule has 0 aromatic heterocycles. The molecule has 1 N–H and O–H groups in total. The number of carbonyl (C=O) groups is 1. The van der Waals surface area contributed by atoms with Crippen molar-refractivity contribution in [2.75, 3.05) is 23.9 Å². The molecule has 1 aliphatic rings. The Morgan fingerprint density at radius 2 is 2.10 bits per heavy atom. The summed E-state index contributed by atoms with van der Waals surface area (Å²) >= 11 is 5.33. The lowest BCUT2D eigenvalue weighted by Crippen LogP contribution is -2.61. The quantitative estimate of drug-likeness (QED) is 0.831. The Morgan fingerprint density at radius 3 is 2.70 bits per heavy atom. The van der Waals surface area contributed by atoms with Crippen LogP contribution in [0.15, 0.2) is 28.7 Å². The second-order valence-electron chi connectivity index (χ2n) is 5.69. The summed E-state index contributed by atoms with van der Waals surface area (Å²) in [4.78, 5) is 12.5. The lowest BCUT2D eigenvalue weighted by atomic mass is 9.70. The minimum Gasteiger partial charge on any atom is -0.467 e. The van der Waals surface area contributed by atoms with Gasteiger partial charge in [-0.15, -0.1) is 0 Å². The van der Waals surface area contributed by atoms with Crippen LogP contribution in [0.5, 0.6) is 0 Å². The molecular weight excluding hydrogens is 338 g/mol. The van der Waals surface area contributed by atoms with Gasteiger partial charge < -0.3 is 10.1 Å². The molecule has 5 heteroatoms. The maximum absolute atomic E-state index is 12.5. The molecule has 1 unspecified atom stereocenters. The first-order valence-corrected chi connectivity index (χ1v) is 8.56. The number of methoxy groups -OCH3 is 1. The second-order valence-corrected chi connectivity index (χ2v) is 7.65. The fourth-order valence-corrected chi connectivity index (χ4v) is 4.59. The number of hydrogen-bond acceptors (Lipinski definition) is 4. The first-order chi connectivity index (χ1) is 9.43. The summed E-state index contributed by atoms with van der Waals surface area (Å²) < 4.78 is 6.06. The molecule has 0 saturated carbocycles. The van der Waals surface area contributed by atoms with Gasteiger partial charge in [-0.1, -0.05) is 26.0 Å². The molecule has 2 rings (SSSR count). The maximum atomic E-state index is 12.5. The first-order valence-electron chi connectivity index (χ1n) is 6.62. The molecule has 110 valence electrons. The topological polar surface area (TPSA) is 38.3 Å². The van der Waals surface area contributed by atoms with E-state index in [0.717, 1.165) is 22.3 Å². The van der Waals surface area contributed by atoms with Crippen molar-refractivity contribution < 1.29 is 9.53 Å². The highest BCUT2D eigenvalue weighted by Gasteiger charge is 2.54. The van der Waals surface area contributed by atoms with E-state index in [0.29, 0.717) is 5.75 Å². The third-order valence-electron chi connectivity index (χ3n) is 4.10. The number of nitrogens with one attached hydrogen (secondary N) is 1. The van der Waals surface area contributed by atoms with Crippen molar-refractivity contribution in [2.24, 2.45) is 5.41 Å². The number of halogens is 1. The Labute approximate surface area is 133 Å². The molecule has 3 nitrogen and oxygen atoms in total. The van der Waals surface area contributed by atoms with Crippen molar-refractivity contribution in [3.8, 4) is 0 Å². The van der Waals surface area contributed by atoms with E-state index in [9.17, 15) is 4.79 Å². The van der Waals surface area contributed by atoms with Crippen LogP contribution in [0.2, 0.25) is 0 Å². The van der Waals surface area contributed by atoms with Crippen molar-refractivity contribution in [3.05, 3.63) is 28.7 Å². The predicted molar refractivity (Wildman–Crippen MR) is 88.2 cm³/mol. The zero-order valence-corrected chi connectivity index (χ0v) is 14.4. The van der Waals surface area contributed by atoms with Gasteiger partial charge in [-0.25, -0.2) is 4.79 Å². The van der Waals surface area contributed by atoms with Gasteiger partial charge in [0, 0.05) is 21.3 Å². The maximum Gasteiger partial charge on any atom is 0.332 e. The molecular formula is C15H20BrNO2S. The number of carbonyl (C=O) groups excluding carboxylic acids is 1. The highest BCUT2D eigenvalue weighted by Crippen LogP contribution is 2.45. The molecule has 0 bridgehead atoms. The Kier molecular flexibility index (Phi) is 4.69. The van der Waals surface area contributed by atoms with E-state index in [1.165, 1.54) is 7.11 Å². The Bertz CT molecular complexity index is 506. The summed E-state index contributed by atoms with van der Waals surface area (Å²) in [5, 5.41) is 3.46. The molecule has 1 aromatic carbocycles. The van der Waals surface area contributed by atoms with Crippen LogP contribution in [-0.4, -0.2) is 30.1 Å². The number of hydrogen-bond donors (Lipinski definition) is 1. The number of ether oxygens (including phenoxy) is 1. The van der Waals surface area contributed by atoms with Crippen LogP contribution in [0.4, 0.5) is 5.69 Å². The van der Waals surface area contributed by atoms with E-state index in [1.54, 1.807) is 11.8 Å². The molecule has 1 saturated heterocycles. The van der Waals surface area contributed by atoms with Gasteiger partial charge in [0.1, 0.15) is 5.54 Å². The summed E-state index contributed by atoms with van der Waals surface area (Å²) in [6.07, 6.45) is 0.976. The molecule has 0 radical (unpaired) electrons. The van der Waals surface area contributed by atoms with Gasteiger partial charge in [-0.05, 0) is 40.2 Å². The standard InChI is InChI=1S/C15H20BrNO2S/c1-14(2)8-9-20-10-15(14,13(18)19-3)17-12-7-5-4-6-11(12)16/h4-7,17H,8-10H2,1-3H3. The van der Waals surface area contributed by atoms with Gasteiger partial charge in [0.2, 0.25) is 0 Å². The largest absolute Gasteiger partial charge is 0.467 e. The first kappa shape index (κ1) is 15.7. The van der Waals surface area contributed by atoms with Crippen molar-refractivity contribution >= 4 is 39.3 Å². The van der Waals surface area contributed by atoms with Crippen molar-refractivity contribution in [2.45, 2.75) is 25.8 Å². The average Bonchev–Trinajstić information content (AvgIpc) is 2.42. The summed E-state index contributed by atoms with van der Waals surface area (Å²) in [6, 6.07) is 7.86. The minimum atomic E-state index is -0.700. The number of thioether (sulfide) groups is 1. The van der Waals surface area contributed by atoms with E-state index < -0.39 is 5.54 Å². The third kappa shape index (κ3) is 2.70. The van der Waals surface area contributed by atoms with E-state index in [-0.39, 0.29) is 11.4 Å². The van der Waals surface area contributed by atoms with Crippen LogP contribution in [0.3, 0.4) is 0 Å². The molecule has 20 heavy (non-hydrogen) atoms. The van der Waals surface area contributed by atoms with E-state index in [1.807, 2.05) is 24.3 Å². The molecule has 0 spiro atoms. The molecule has 1 fully saturated rings. The number of benzene rings is 1. The summed E-state index contributed by atoms with van der Waals surface area (Å²) in [5.74, 6) is 1.60. The van der Waals surface area contributed by atoms with Crippen LogP contribution in [0, 0.1) is 5.41 Å². The van der Waals surface area contributed by atoms with Crippen molar-refractivity contribution in [3.63, 3.8) is 0 Å². The van der Waals surface area contributed by atoms with Crippen molar-refractivity contribution in [1.82, 2.24) is 0 Å². The van der Waals surface area contributed by atoms with Crippen LogP contribution >= 0.6 is 27.7 Å².